The highest BCUT2D eigenvalue weighted by molar-refractivity contribution is 5.80. The molecule has 1 rings (SSSR count). The van der Waals surface area contributed by atoms with Gasteiger partial charge < -0.3 is 16.8 Å². The molecule has 104 valence electrons. The summed E-state index contributed by atoms with van der Waals surface area (Å²) in [7, 11) is 0. The van der Waals surface area contributed by atoms with E-state index in [0.717, 1.165) is 5.56 Å². The molecule has 5 heteroatoms. The van der Waals surface area contributed by atoms with Crippen LogP contribution in [0.3, 0.4) is 0 Å². The number of amides is 2. The van der Waals surface area contributed by atoms with Crippen molar-refractivity contribution in [3.8, 4) is 0 Å². The molecule has 1 aromatic rings. The van der Waals surface area contributed by atoms with Gasteiger partial charge in [0, 0.05) is 24.4 Å². The predicted molar refractivity (Wildman–Crippen MR) is 74.0 cm³/mol. The number of hydrogen-bond donors (Lipinski definition) is 3. The van der Waals surface area contributed by atoms with Crippen molar-refractivity contribution in [1.82, 2.24) is 5.32 Å². The van der Waals surface area contributed by atoms with Gasteiger partial charge in [0.15, 0.2) is 0 Å². The van der Waals surface area contributed by atoms with Gasteiger partial charge in [-0.15, -0.1) is 0 Å². The lowest BCUT2D eigenvalue weighted by molar-refractivity contribution is -0.124. The van der Waals surface area contributed by atoms with Gasteiger partial charge in [-0.3, -0.25) is 9.59 Å². The lowest BCUT2D eigenvalue weighted by Crippen LogP contribution is -2.46. The van der Waals surface area contributed by atoms with E-state index in [9.17, 15) is 9.59 Å². The Morgan fingerprint density at radius 1 is 1.26 bits per heavy atom. The van der Waals surface area contributed by atoms with Gasteiger partial charge in [-0.05, 0) is 19.4 Å². The molecule has 2 amide bonds. The number of benzene rings is 1. The first-order valence-electron chi connectivity index (χ1n) is 6.20. The number of primary amides is 1. The first kappa shape index (κ1) is 15.2. The van der Waals surface area contributed by atoms with Crippen molar-refractivity contribution in [3.63, 3.8) is 0 Å². The predicted octanol–water partition coefficient (Wildman–Crippen LogP) is 0.847. The smallest absolute Gasteiger partial charge is 0.222 e. The van der Waals surface area contributed by atoms with Crippen molar-refractivity contribution in [3.05, 3.63) is 35.9 Å². The molecule has 5 N–H and O–H groups in total. The van der Waals surface area contributed by atoms with E-state index < -0.39 is 11.4 Å². The normalized spacial score (nSPS) is 12.8. The number of hydrogen-bond acceptors (Lipinski definition) is 3. The Balaban J connectivity index is 2.54. The summed E-state index contributed by atoms with van der Waals surface area (Å²) >= 11 is 0. The third-order valence-electron chi connectivity index (χ3n) is 2.73. The fourth-order valence-corrected chi connectivity index (χ4v) is 1.93. The Morgan fingerprint density at radius 2 is 1.84 bits per heavy atom. The Kier molecular flexibility index (Phi) is 5.06. The standard InChI is InChI=1S/C14H21N3O2/c1-14(2,9-12(16)18)17-13(19)8-11(15)10-6-4-3-5-7-10/h3-7,11H,8-9,15H2,1-2H3,(H2,16,18)(H,17,19). The minimum atomic E-state index is -0.653. The lowest BCUT2D eigenvalue weighted by Gasteiger charge is -2.25. The lowest BCUT2D eigenvalue weighted by atomic mass is 9.98. The van der Waals surface area contributed by atoms with Gasteiger partial charge in [-0.25, -0.2) is 0 Å². The second-order valence-corrected chi connectivity index (χ2v) is 5.30. The highest BCUT2D eigenvalue weighted by Crippen LogP contribution is 2.14. The van der Waals surface area contributed by atoms with Gasteiger partial charge in [0.05, 0.1) is 0 Å². The number of nitrogens with one attached hydrogen (secondary N) is 1. The molecule has 0 saturated carbocycles. The van der Waals surface area contributed by atoms with Gasteiger partial charge in [0.25, 0.3) is 0 Å². The van der Waals surface area contributed by atoms with Crippen LogP contribution in [0.25, 0.3) is 0 Å². The van der Waals surface area contributed by atoms with Gasteiger partial charge in [-0.1, -0.05) is 30.3 Å². The molecular weight excluding hydrogens is 242 g/mol. The van der Waals surface area contributed by atoms with Gasteiger partial charge in [0.1, 0.15) is 0 Å². The average Bonchev–Trinajstić information content (AvgIpc) is 2.27. The van der Waals surface area contributed by atoms with E-state index in [1.807, 2.05) is 30.3 Å². The second-order valence-electron chi connectivity index (χ2n) is 5.30. The third kappa shape index (κ3) is 5.52. The third-order valence-corrected chi connectivity index (χ3v) is 2.73. The summed E-state index contributed by atoms with van der Waals surface area (Å²) in [5.41, 5.74) is 11.3. The van der Waals surface area contributed by atoms with Crippen LogP contribution in [0, 0.1) is 0 Å². The molecule has 1 aromatic carbocycles. The molecule has 0 fully saturated rings. The van der Waals surface area contributed by atoms with Crippen molar-refractivity contribution in [2.75, 3.05) is 0 Å². The molecular formula is C14H21N3O2. The molecule has 0 aromatic heterocycles. The molecule has 0 aliphatic rings. The van der Waals surface area contributed by atoms with E-state index >= 15 is 0 Å². The van der Waals surface area contributed by atoms with Crippen molar-refractivity contribution in [2.45, 2.75) is 38.3 Å². The van der Waals surface area contributed by atoms with Crippen LogP contribution in [-0.2, 0) is 9.59 Å². The number of rotatable bonds is 6. The van der Waals surface area contributed by atoms with Crippen molar-refractivity contribution >= 4 is 11.8 Å². The van der Waals surface area contributed by atoms with E-state index in [1.54, 1.807) is 13.8 Å². The Morgan fingerprint density at radius 3 is 2.37 bits per heavy atom. The molecule has 19 heavy (non-hydrogen) atoms. The summed E-state index contributed by atoms with van der Waals surface area (Å²) < 4.78 is 0. The second kappa shape index (κ2) is 6.33. The van der Waals surface area contributed by atoms with Crippen LogP contribution in [-0.4, -0.2) is 17.4 Å². The SMILES string of the molecule is CC(C)(CC(N)=O)NC(=O)CC(N)c1ccccc1. The van der Waals surface area contributed by atoms with E-state index in [0.29, 0.717) is 0 Å². The summed E-state index contributed by atoms with van der Waals surface area (Å²) in [6, 6.07) is 9.06. The zero-order chi connectivity index (χ0) is 14.5. The summed E-state index contributed by atoms with van der Waals surface area (Å²) in [6.07, 6.45) is 0.269. The molecule has 0 bridgehead atoms. The maximum absolute atomic E-state index is 11.9. The van der Waals surface area contributed by atoms with Gasteiger partial charge in [0.2, 0.25) is 11.8 Å². The Bertz CT molecular complexity index is 443. The maximum atomic E-state index is 11.9. The van der Waals surface area contributed by atoms with Crippen LogP contribution in [0.15, 0.2) is 30.3 Å². The van der Waals surface area contributed by atoms with Crippen molar-refractivity contribution in [1.29, 1.82) is 0 Å². The van der Waals surface area contributed by atoms with Gasteiger partial charge in [-0.2, -0.15) is 0 Å². The first-order chi connectivity index (χ1) is 8.80. The van der Waals surface area contributed by atoms with E-state index in [2.05, 4.69) is 5.32 Å². The highest BCUT2D eigenvalue weighted by Gasteiger charge is 2.23. The number of carbonyl (C=O) groups is 2. The van der Waals surface area contributed by atoms with Crippen LogP contribution in [0.1, 0.15) is 38.3 Å². The molecule has 0 aliphatic heterocycles. The minimum absolute atomic E-state index is 0.0965. The monoisotopic (exact) mass is 263 g/mol. The zero-order valence-electron chi connectivity index (χ0n) is 11.3. The number of nitrogens with two attached hydrogens (primary N) is 2. The van der Waals surface area contributed by atoms with Crippen LogP contribution in [0.2, 0.25) is 0 Å². The summed E-state index contributed by atoms with van der Waals surface area (Å²) in [5, 5.41) is 2.77. The molecule has 0 saturated heterocycles. The molecule has 5 nitrogen and oxygen atoms in total. The topological polar surface area (TPSA) is 98.2 Å². The van der Waals surface area contributed by atoms with Crippen LogP contribution in [0.5, 0.6) is 0 Å². The molecule has 0 spiro atoms. The molecule has 0 aliphatic carbocycles. The Hall–Kier alpha value is -1.88. The Labute approximate surface area is 113 Å². The summed E-state index contributed by atoms with van der Waals surface area (Å²) in [5.74, 6) is -0.639. The molecule has 1 unspecified atom stereocenters. The van der Waals surface area contributed by atoms with E-state index in [1.165, 1.54) is 0 Å². The highest BCUT2D eigenvalue weighted by atomic mass is 16.2. The van der Waals surface area contributed by atoms with E-state index in [4.69, 9.17) is 11.5 Å². The molecule has 0 radical (unpaired) electrons. The van der Waals surface area contributed by atoms with Crippen molar-refractivity contribution < 1.29 is 9.59 Å². The van der Waals surface area contributed by atoms with Crippen LogP contribution < -0.4 is 16.8 Å². The summed E-state index contributed by atoms with van der Waals surface area (Å²) in [6.45, 7) is 3.51. The summed E-state index contributed by atoms with van der Waals surface area (Å²) in [4.78, 5) is 22.8. The fourth-order valence-electron chi connectivity index (χ4n) is 1.93. The van der Waals surface area contributed by atoms with Gasteiger partial charge >= 0.3 is 0 Å². The zero-order valence-corrected chi connectivity index (χ0v) is 11.3. The quantitative estimate of drug-likeness (QED) is 0.709. The first-order valence-corrected chi connectivity index (χ1v) is 6.20. The number of carbonyl (C=O) groups excluding carboxylic acids is 2. The average molecular weight is 263 g/mol. The molecule has 0 heterocycles. The van der Waals surface area contributed by atoms with Crippen LogP contribution in [0.4, 0.5) is 0 Å². The maximum Gasteiger partial charge on any atom is 0.222 e. The van der Waals surface area contributed by atoms with Crippen LogP contribution >= 0.6 is 0 Å². The fraction of sp³-hybridized carbons (Fsp3) is 0.429. The molecule has 1 atom stereocenters. The van der Waals surface area contributed by atoms with E-state index in [-0.39, 0.29) is 24.8 Å². The largest absolute Gasteiger partial charge is 0.370 e. The van der Waals surface area contributed by atoms with Crippen molar-refractivity contribution in [2.24, 2.45) is 11.5 Å². The minimum Gasteiger partial charge on any atom is -0.370 e.